The van der Waals surface area contributed by atoms with Crippen LogP contribution in [0.4, 0.5) is 5.69 Å². The fourth-order valence-electron chi connectivity index (χ4n) is 4.39. The number of rotatable bonds is 6. The molecule has 2 aromatic carbocycles. The molecule has 0 atom stereocenters. The summed E-state index contributed by atoms with van der Waals surface area (Å²) in [5.74, 6) is 1.02. The van der Waals surface area contributed by atoms with Crippen LogP contribution in [0.3, 0.4) is 0 Å². The molecule has 160 valence electrons. The lowest BCUT2D eigenvalue weighted by molar-refractivity contribution is -0.117. The molecule has 2 aromatic rings. The number of ether oxygens (including phenoxy) is 1. The fraction of sp³-hybridized carbons (Fsp3) is 0.435. The van der Waals surface area contributed by atoms with Crippen LogP contribution in [0.25, 0.3) is 0 Å². The van der Waals surface area contributed by atoms with Gasteiger partial charge in [-0.25, -0.2) is 8.42 Å². The molecule has 2 saturated heterocycles. The van der Waals surface area contributed by atoms with Gasteiger partial charge in [0.15, 0.2) is 0 Å². The predicted octanol–water partition coefficient (Wildman–Crippen LogP) is 3.47. The highest BCUT2D eigenvalue weighted by molar-refractivity contribution is 7.89. The van der Waals surface area contributed by atoms with E-state index in [2.05, 4.69) is 12.1 Å². The maximum atomic E-state index is 13.3. The van der Waals surface area contributed by atoms with Gasteiger partial charge < -0.3 is 9.64 Å². The zero-order valence-corrected chi connectivity index (χ0v) is 18.1. The molecule has 6 nitrogen and oxygen atoms in total. The van der Waals surface area contributed by atoms with E-state index in [1.165, 1.54) is 12.7 Å². The number of benzene rings is 2. The van der Waals surface area contributed by atoms with E-state index in [9.17, 15) is 13.2 Å². The zero-order valence-electron chi connectivity index (χ0n) is 17.3. The number of methoxy groups -OCH3 is 1. The van der Waals surface area contributed by atoms with Crippen LogP contribution in [0.2, 0.25) is 0 Å². The van der Waals surface area contributed by atoms with Gasteiger partial charge in [-0.2, -0.15) is 4.31 Å². The molecule has 1 amide bonds. The predicted molar refractivity (Wildman–Crippen MR) is 116 cm³/mol. The third-order valence-electron chi connectivity index (χ3n) is 6.09. The Labute approximate surface area is 178 Å². The van der Waals surface area contributed by atoms with Crippen LogP contribution in [-0.2, 0) is 21.2 Å². The van der Waals surface area contributed by atoms with E-state index in [0.717, 1.165) is 25.7 Å². The van der Waals surface area contributed by atoms with Crippen molar-refractivity contribution in [1.82, 2.24) is 4.31 Å². The summed E-state index contributed by atoms with van der Waals surface area (Å²) in [6, 6.07) is 15.2. The second kappa shape index (κ2) is 8.78. The van der Waals surface area contributed by atoms with Gasteiger partial charge in [-0.05, 0) is 55.4 Å². The molecule has 0 aliphatic carbocycles. The molecule has 0 radical (unpaired) electrons. The Balaban J connectivity index is 1.49. The molecule has 0 aromatic heterocycles. The molecule has 4 rings (SSSR count). The molecule has 2 aliphatic rings. The highest BCUT2D eigenvalue weighted by atomic mass is 32.2. The average Bonchev–Trinajstić information content (AvgIpc) is 3.20. The van der Waals surface area contributed by atoms with E-state index >= 15 is 0 Å². The van der Waals surface area contributed by atoms with Crippen LogP contribution < -0.4 is 9.64 Å². The minimum absolute atomic E-state index is 0.00424. The zero-order chi connectivity index (χ0) is 21.1. The Morgan fingerprint density at radius 2 is 1.77 bits per heavy atom. The second-order valence-corrected chi connectivity index (χ2v) is 9.96. The number of nitrogens with zero attached hydrogens (tertiary/aromatic N) is 2. The van der Waals surface area contributed by atoms with Gasteiger partial charge >= 0.3 is 0 Å². The molecule has 7 heteroatoms. The number of carbonyl (C=O) groups excluding carboxylic acids is 1. The number of sulfonamides is 1. The summed E-state index contributed by atoms with van der Waals surface area (Å²) in [4.78, 5) is 14.1. The Kier molecular flexibility index (Phi) is 6.11. The van der Waals surface area contributed by atoms with Crippen molar-refractivity contribution in [2.75, 3.05) is 31.6 Å². The van der Waals surface area contributed by atoms with Crippen molar-refractivity contribution in [1.29, 1.82) is 0 Å². The van der Waals surface area contributed by atoms with Crippen LogP contribution in [0.15, 0.2) is 53.4 Å². The summed E-state index contributed by atoms with van der Waals surface area (Å²) in [5, 5.41) is 0. The van der Waals surface area contributed by atoms with Gasteiger partial charge in [0, 0.05) is 26.1 Å². The standard InChI is InChI=1S/C23H28N2O4S/c1-29-22-10-9-20(17-21(22)25-13-5-8-23(25)26)30(27,28)24-14-11-19(12-15-24)16-18-6-3-2-4-7-18/h2-4,6-7,9-10,17,19H,5,8,11-16H2,1H3. The second-order valence-electron chi connectivity index (χ2n) is 8.02. The van der Waals surface area contributed by atoms with Gasteiger partial charge in [0.2, 0.25) is 15.9 Å². The van der Waals surface area contributed by atoms with Crippen molar-refractivity contribution < 1.29 is 17.9 Å². The Bertz CT molecular complexity index is 999. The first-order chi connectivity index (χ1) is 14.5. The minimum atomic E-state index is -3.61. The molecule has 0 spiro atoms. The summed E-state index contributed by atoms with van der Waals surface area (Å²) < 4.78 is 33.5. The van der Waals surface area contributed by atoms with Crippen molar-refractivity contribution >= 4 is 21.6 Å². The molecule has 2 fully saturated rings. The smallest absolute Gasteiger partial charge is 0.243 e. The lowest BCUT2D eigenvalue weighted by Crippen LogP contribution is -2.39. The molecule has 0 saturated carbocycles. The molecular formula is C23H28N2O4S. The van der Waals surface area contributed by atoms with Crippen LogP contribution in [0.1, 0.15) is 31.2 Å². The van der Waals surface area contributed by atoms with Gasteiger partial charge in [-0.15, -0.1) is 0 Å². The van der Waals surface area contributed by atoms with Gasteiger partial charge in [0.1, 0.15) is 5.75 Å². The van der Waals surface area contributed by atoms with Gasteiger partial charge in [0.25, 0.3) is 0 Å². The SMILES string of the molecule is COc1ccc(S(=O)(=O)N2CCC(Cc3ccccc3)CC2)cc1N1CCCC1=O. The Hall–Kier alpha value is -2.38. The minimum Gasteiger partial charge on any atom is -0.495 e. The summed E-state index contributed by atoms with van der Waals surface area (Å²) in [6.07, 6.45) is 3.94. The monoisotopic (exact) mass is 428 g/mol. The van der Waals surface area contributed by atoms with Crippen LogP contribution in [0, 0.1) is 5.92 Å². The maximum Gasteiger partial charge on any atom is 0.243 e. The lowest BCUT2D eigenvalue weighted by Gasteiger charge is -2.31. The van der Waals surface area contributed by atoms with Crippen LogP contribution >= 0.6 is 0 Å². The van der Waals surface area contributed by atoms with E-state index < -0.39 is 10.0 Å². The Morgan fingerprint density at radius 3 is 2.40 bits per heavy atom. The topological polar surface area (TPSA) is 66.9 Å². The average molecular weight is 429 g/mol. The van der Waals surface area contributed by atoms with Crippen molar-refractivity contribution in [3.63, 3.8) is 0 Å². The highest BCUT2D eigenvalue weighted by Crippen LogP contribution is 2.35. The Morgan fingerprint density at radius 1 is 1.03 bits per heavy atom. The number of piperidine rings is 1. The first-order valence-electron chi connectivity index (χ1n) is 10.5. The van der Waals surface area contributed by atoms with E-state index in [1.54, 1.807) is 27.4 Å². The normalized spacial score (nSPS) is 18.7. The number of amides is 1. The molecule has 0 bridgehead atoms. The lowest BCUT2D eigenvalue weighted by atomic mass is 9.91. The maximum absolute atomic E-state index is 13.3. The summed E-state index contributed by atoms with van der Waals surface area (Å²) in [6.45, 7) is 1.62. The van der Waals surface area contributed by atoms with Crippen molar-refractivity contribution in [3.05, 3.63) is 54.1 Å². The highest BCUT2D eigenvalue weighted by Gasteiger charge is 2.31. The van der Waals surface area contributed by atoms with E-state index in [0.29, 0.717) is 43.4 Å². The number of anilines is 1. The number of hydrogen-bond acceptors (Lipinski definition) is 4. The van der Waals surface area contributed by atoms with Gasteiger partial charge in [-0.3, -0.25) is 4.79 Å². The summed E-state index contributed by atoms with van der Waals surface area (Å²) in [5.41, 5.74) is 1.84. The first kappa shape index (κ1) is 20.9. The van der Waals surface area contributed by atoms with Crippen LogP contribution in [-0.4, -0.2) is 45.4 Å². The quantitative estimate of drug-likeness (QED) is 0.707. The first-order valence-corrected chi connectivity index (χ1v) is 12.0. The van der Waals surface area contributed by atoms with Crippen molar-refractivity contribution in [2.24, 2.45) is 5.92 Å². The number of carbonyl (C=O) groups is 1. The van der Waals surface area contributed by atoms with E-state index in [4.69, 9.17) is 4.74 Å². The van der Waals surface area contributed by atoms with Gasteiger partial charge in [0.05, 0.1) is 17.7 Å². The van der Waals surface area contributed by atoms with Crippen molar-refractivity contribution in [2.45, 2.75) is 37.0 Å². The van der Waals surface area contributed by atoms with E-state index in [1.807, 2.05) is 18.2 Å². The van der Waals surface area contributed by atoms with Gasteiger partial charge in [-0.1, -0.05) is 30.3 Å². The molecular weight excluding hydrogens is 400 g/mol. The fourth-order valence-corrected chi connectivity index (χ4v) is 5.88. The third kappa shape index (κ3) is 4.23. The molecule has 2 aliphatic heterocycles. The summed E-state index contributed by atoms with van der Waals surface area (Å²) in [7, 11) is -2.08. The number of hydrogen-bond donors (Lipinski definition) is 0. The largest absolute Gasteiger partial charge is 0.495 e. The molecule has 0 N–H and O–H groups in total. The summed E-state index contributed by atoms with van der Waals surface area (Å²) >= 11 is 0. The van der Waals surface area contributed by atoms with E-state index in [-0.39, 0.29) is 10.8 Å². The molecule has 0 unspecified atom stereocenters. The van der Waals surface area contributed by atoms with Crippen molar-refractivity contribution in [3.8, 4) is 5.75 Å². The molecule has 2 heterocycles. The molecule has 30 heavy (non-hydrogen) atoms. The van der Waals surface area contributed by atoms with Crippen LogP contribution in [0.5, 0.6) is 5.75 Å². The third-order valence-corrected chi connectivity index (χ3v) is 7.99.